The van der Waals surface area contributed by atoms with E-state index in [1.165, 1.54) is 12.1 Å². The molecular weight excluding hydrogens is 437 g/mol. The maximum absolute atomic E-state index is 12.9. The zero-order chi connectivity index (χ0) is 22.7. The van der Waals surface area contributed by atoms with Crippen LogP contribution in [0.1, 0.15) is 42.6 Å². The van der Waals surface area contributed by atoms with Gasteiger partial charge in [-0.2, -0.15) is 0 Å². The minimum atomic E-state index is -0.764. The topological polar surface area (TPSA) is 78.5 Å². The lowest BCUT2D eigenvalue weighted by Crippen LogP contribution is -2.47. The molecule has 2 aromatic carbocycles. The third-order valence-electron chi connectivity index (χ3n) is 5.24. The fraction of sp³-hybridized carbons (Fsp3) is 0.348. The molecule has 1 fully saturated rings. The molecule has 1 aliphatic heterocycles. The van der Waals surface area contributed by atoms with E-state index in [0.717, 1.165) is 17.7 Å². The van der Waals surface area contributed by atoms with Crippen molar-refractivity contribution >= 4 is 52.3 Å². The van der Waals surface area contributed by atoms with Crippen LogP contribution >= 0.6 is 23.2 Å². The van der Waals surface area contributed by atoms with Crippen molar-refractivity contribution in [2.24, 2.45) is 5.92 Å². The SMILES string of the molecule is Cc1cc(NC(=O)C(NC(=O)c2ccc(Cl)cc2Cl)C(C)C)ccc1N1CCCC1=O. The van der Waals surface area contributed by atoms with Gasteiger partial charge in [-0.15, -0.1) is 0 Å². The summed E-state index contributed by atoms with van der Waals surface area (Å²) in [5.41, 5.74) is 2.60. The van der Waals surface area contributed by atoms with Gasteiger partial charge in [-0.05, 0) is 61.2 Å². The van der Waals surface area contributed by atoms with Crippen LogP contribution in [0.3, 0.4) is 0 Å². The zero-order valence-corrected chi connectivity index (χ0v) is 19.2. The van der Waals surface area contributed by atoms with Crippen molar-refractivity contribution in [2.45, 2.75) is 39.7 Å². The van der Waals surface area contributed by atoms with Crippen molar-refractivity contribution in [1.29, 1.82) is 0 Å². The summed E-state index contributed by atoms with van der Waals surface area (Å²) in [6, 6.07) is 9.25. The summed E-state index contributed by atoms with van der Waals surface area (Å²) < 4.78 is 0. The van der Waals surface area contributed by atoms with E-state index in [4.69, 9.17) is 23.2 Å². The number of nitrogens with zero attached hydrogens (tertiary/aromatic N) is 1. The number of anilines is 2. The lowest BCUT2D eigenvalue weighted by molar-refractivity contribution is -0.119. The van der Waals surface area contributed by atoms with Gasteiger partial charge in [0.1, 0.15) is 6.04 Å². The maximum Gasteiger partial charge on any atom is 0.253 e. The molecule has 1 saturated heterocycles. The van der Waals surface area contributed by atoms with E-state index >= 15 is 0 Å². The van der Waals surface area contributed by atoms with Gasteiger partial charge in [0.15, 0.2) is 0 Å². The lowest BCUT2D eigenvalue weighted by atomic mass is 10.0. The number of amides is 3. The molecule has 3 amide bonds. The van der Waals surface area contributed by atoms with Gasteiger partial charge in [0, 0.05) is 29.4 Å². The highest BCUT2D eigenvalue weighted by Gasteiger charge is 2.27. The number of benzene rings is 2. The van der Waals surface area contributed by atoms with Crippen LogP contribution in [0, 0.1) is 12.8 Å². The Morgan fingerprint density at radius 3 is 2.42 bits per heavy atom. The highest BCUT2D eigenvalue weighted by Crippen LogP contribution is 2.28. The first-order chi connectivity index (χ1) is 14.7. The molecule has 8 heteroatoms. The largest absolute Gasteiger partial charge is 0.340 e. The van der Waals surface area contributed by atoms with E-state index in [2.05, 4.69) is 10.6 Å². The standard InChI is InChI=1S/C23H25Cl2N3O3/c1-13(2)21(27-22(30)17-8-6-15(24)12-18(17)25)23(31)26-16-7-9-19(14(3)11-16)28-10-4-5-20(28)29/h6-9,11-13,21H,4-5,10H2,1-3H3,(H,26,31)(H,27,30). The fourth-order valence-electron chi connectivity index (χ4n) is 3.59. The van der Waals surface area contributed by atoms with Crippen LogP contribution in [0.15, 0.2) is 36.4 Å². The average Bonchev–Trinajstić information content (AvgIpc) is 3.11. The van der Waals surface area contributed by atoms with E-state index in [0.29, 0.717) is 23.7 Å². The molecule has 0 aliphatic carbocycles. The summed E-state index contributed by atoms with van der Waals surface area (Å²) in [6.45, 7) is 6.31. The smallest absolute Gasteiger partial charge is 0.253 e. The van der Waals surface area contributed by atoms with Crippen LogP contribution in [0.2, 0.25) is 10.0 Å². The summed E-state index contributed by atoms with van der Waals surface area (Å²) in [5, 5.41) is 6.26. The normalized spacial score (nSPS) is 14.6. The number of hydrogen-bond acceptors (Lipinski definition) is 3. The zero-order valence-electron chi connectivity index (χ0n) is 17.7. The molecule has 1 heterocycles. The van der Waals surface area contributed by atoms with Crippen molar-refractivity contribution in [1.82, 2.24) is 5.32 Å². The van der Waals surface area contributed by atoms with E-state index in [1.54, 1.807) is 17.0 Å². The second-order valence-electron chi connectivity index (χ2n) is 7.96. The van der Waals surface area contributed by atoms with Gasteiger partial charge >= 0.3 is 0 Å². The van der Waals surface area contributed by atoms with Gasteiger partial charge in [0.05, 0.1) is 10.6 Å². The molecule has 1 atom stereocenters. The molecule has 1 unspecified atom stereocenters. The minimum absolute atomic E-state index is 0.114. The van der Waals surface area contributed by atoms with Crippen LogP contribution in [0.25, 0.3) is 0 Å². The van der Waals surface area contributed by atoms with Crippen molar-refractivity contribution in [2.75, 3.05) is 16.8 Å². The van der Waals surface area contributed by atoms with Gasteiger partial charge in [0.2, 0.25) is 11.8 Å². The van der Waals surface area contributed by atoms with Crippen molar-refractivity contribution in [3.05, 3.63) is 57.6 Å². The number of aryl methyl sites for hydroxylation is 1. The minimum Gasteiger partial charge on any atom is -0.340 e. The molecule has 0 radical (unpaired) electrons. The molecule has 164 valence electrons. The van der Waals surface area contributed by atoms with Crippen LogP contribution in [0.5, 0.6) is 0 Å². The van der Waals surface area contributed by atoms with E-state index in [9.17, 15) is 14.4 Å². The van der Waals surface area contributed by atoms with Gasteiger partial charge in [0.25, 0.3) is 5.91 Å². The van der Waals surface area contributed by atoms with Crippen LogP contribution < -0.4 is 15.5 Å². The van der Waals surface area contributed by atoms with Gasteiger partial charge in [-0.3, -0.25) is 14.4 Å². The molecule has 0 spiro atoms. The van der Waals surface area contributed by atoms with Crippen molar-refractivity contribution in [3.8, 4) is 0 Å². The highest BCUT2D eigenvalue weighted by atomic mass is 35.5. The number of hydrogen-bond donors (Lipinski definition) is 2. The molecule has 31 heavy (non-hydrogen) atoms. The summed E-state index contributed by atoms with van der Waals surface area (Å²) in [4.78, 5) is 39.4. The Bertz CT molecular complexity index is 1020. The van der Waals surface area contributed by atoms with Crippen molar-refractivity contribution in [3.63, 3.8) is 0 Å². The fourth-order valence-corrected chi connectivity index (χ4v) is 4.08. The second kappa shape index (κ2) is 9.71. The average molecular weight is 462 g/mol. The predicted molar refractivity (Wildman–Crippen MR) is 124 cm³/mol. The highest BCUT2D eigenvalue weighted by molar-refractivity contribution is 6.36. The molecule has 6 nitrogen and oxygen atoms in total. The Morgan fingerprint density at radius 1 is 1.10 bits per heavy atom. The molecule has 3 rings (SSSR count). The Labute approximate surface area is 191 Å². The first-order valence-corrected chi connectivity index (χ1v) is 10.9. The Hall–Kier alpha value is -2.57. The second-order valence-corrected chi connectivity index (χ2v) is 8.80. The predicted octanol–water partition coefficient (Wildman–Crippen LogP) is 4.82. The van der Waals surface area contributed by atoms with Gasteiger partial charge in [-0.1, -0.05) is 37.0 Å². The summed E-state index contributed by atoms with van der Waals surface area (Å²) >= 11 is 12.0. The van der Waals surface area contributed by atoms with Crippen molar-refractivity contribution < 1.29 is 14.4 Å². The third kappa shape index (κ3) is 5.38. The van der Waals surface area contributed by atoms with E-state index in [1.807, 2.05) is 32.9 Å². The van der Waals surface area contributed by atoms with Gasteiger partial charge < -0.3 is 15.5 Å². The Balaban J connectivity index is 1.72. The number of carbonyl (C=O) groups excluding carboxylic acids is 3. The molecule has 2 N–H and O–H groups in total. The molecule has 2 aromatic rings. The first-order valence-electron chi connectivity index (χ1n) is 10.1. The molecule has 0 saturated carbocycles. The molecular formula is C23H25Cl2N3O3. The third-order valence-corrected chi connectivity index (χ3v) is 5.79. The quantitative estimate of drug-likeness (QED) is 0.646. The maximum atomic E-state index is 12.9. The van der Waals surface area contributed by atoms with Gasteiger partial charge in [-0.25, -0.2) is 0 Å². The van der Waals surface area contributed by atoms with Crippen LogP contribution in [-0.4, -0.2) is 30.3 Å². The number of halogens is 2. The van der Waals surface area contributed by atoms with Crippen LogP contribution in [0.4, 0.5) is 11.4 Å². The summed E-state index contributed by atoms with van der Waals surface area (Å²) in [5.74, 6) is -0.826. The lowest BCUT2D eigenvalue weighted by Gasteiger charge is -2.23. The summed E-state index contributed by atoms with van der Waals surface area (Å²) in [7, 11) is 0. The van der Waals surface area contributed by atoms with E-state index < -0.39 is 11.9 Å². The monoisotopic (exact) mass is 461 g/mol. The summed E-state index contributed by atoms with van der Waals surface area (Å²) in [6.07, 6.45) is 1.41. The molecule has 0 bridgehead atoms. The Kier molecular flexibility index (Phi) is 7.23. The number of nitrogens with one attached hydrogen (secondary N) is 2. The first kappa shape index (κ1) is 23.1. The van der Waals surface area contributed by atoms with E-state index in [-0.39, 0.29) is 28.3 Å². The number of carbonyl (C=O) groups is 3. The molecule has 0 aromatic heterocycles. The Morgan fingerprint density at radius 2 is 1.84 bits per heavy atom. The van der Waals surface area contributed by atoms with Crippen LogP contribution in [-0.2, 0) is 9.59 Å². The molecule has 1 aliphatic rings. The number of rotatable bonds is 6.